The molecular weight excluding hydrogens is 222 g/mol. The highest BCUT2D eigenvalue weighted by Crippen LogP contribution is 2.13. The first kappa shape index (κ1) is 17.2. The van der Waals surface area contributed by atoms with Crippen LogP contribution < -0.4 is 0 Å². The lowest BCUT2D eigenvalue weighted by Gasteiger charge is -2.13. The predicted molar refractivity (Wildman–Crippen MR) is 77.3 cm³/mol. The largest absolute Gasteiger partial charge is 0.363 e. The van der Waals surface area contributed by atoms with Crippen molar-refractivity contribution >= 4 is 0 Å². The maximum absolute atomic E-state index is 8.94. The topological polar surface area (TPSA) is 33.0 Å². The van der Waals surface area contributed by atoms with Crippen LogP contribution in [0.4, 0.5) is 0 Å². The van der Waals surface area contributed by atoms with E-state index in [1.807, 2.05) is 0 Å². The molecule has 18 heavy (non-hydrogen) atoms. The summed E-state index contributed by atoms with van der Waals surface area (Å²) in [5, 5.41) is 8.94. The Morgan fingerprint density at radius 3 is 2.56 bits per heavy atom. The van der Waals surface area contributed by atoms with Gasteiger partial charge >= 0.3 is 0 Å². The number of hydrogen-bond donors (Lipinski definition) is 0. The highest BCUT2D eigenvalue weighted by molar-refractivity contribution is 4.92. The minimum absolute atomic E-state index is 0.199. The minimum Gasteiger partial charge on any atom is -0.363 e. The Bertz CT molecular complexity index is 261. The van der Waals surface area contributed by atoms with Gasteiger partial charge in [-0.15, -0.1) is 0 Å². The first-order chi connectivity index (χ1) is 8.60. The number of unbranched alkanes of at least 4 members (excludes halogenated alkanes) is 1. The Hall–Kier alpha value is -0.810. The van der Waals surface area contributed by atoms with Gasteiger partial charge in [0.15, 0.2) is 0 Å². The zero-order valence-electron chi connectivity index (χ0n) is 12.5. The predicted octanol–water partition coefficient (Wildman–Crippen LogP) is 4.86. The van der Waals surface area contributed by atoms with E-state index in [1.54, 1.807) is 0 Å². The molecule has 2 unspecified atom stereocenters. The fourth-order valence-electron chi connectivity index (χ4n) is 1.79. The molecule has 0 aliphatic heterocycles. The molecule has 2 nitrogen and oxygen atoms in total. The normalized spacial score (nSPS) is 13.7. The van der Waals surface area contributed by atoms with Crippen molar-refractivity contribution in [2.24, 2.45) is 5.92 Å². The van der Waals surface area contributed by atoms with Crippen molar-refractivity contribution in [2.75, 3.05) is 6.61 Å². The zero-order valence-corrected chi connectivity index (χ0v) is 12.5. The number of rotatable bonds is 10. The van der Waals surface area contributed by atoms with Crippen LogP contribution in [0.2, 0.25) is 0 Å². The molecule has 0 saturated carbocycles. The summed E-state index contributed by atoms with van der Waals surface area (Å²) in [5.74, 6) is 0.672. The van der Waals surface area contributed by atoms with Crippen LogP contribution in [0, 0.1) is 17.2 Å². The fourth-order valence-corrected chi connectivity index (χ4v) is 1.79. The first-order valence-corrected chi connectivity index (χ1v) is 7.24. The molecule has 0 rings (SSSR count). The van der Waals surface area contributed by atoms with Gasteiger partial charge in [-0.05, 0) is 45.4 Å². The molecule has 0 saturated heterocycles. The average Bonchev–Trinajstić information content (AvgIpc) is 2.33. The van der Waals surface area contributed by atoms with Gasteiger partial charge in [-0.3, -0.25) is 0 Å². The molecule has 0 aliphatic carbocycles. The smallest absolute Gasteiger partial charge is 0.143 e. The van der Waals surface area contributed by atoms with E-state index >= 15 is 0 Å². The second kappa shape index (κ2) is 11.3. The molecule has 104 valence electrons. The number of ether oxygens (including phenoxy) is 1. The maximum atomic E-state index is 8.94. The van der Waals surface area contributed by atoms with Crippen molar-refractivity contribution < 1.29 is 4.74 Å². The van der Waals surface area contributed by atoms with Crippen LogP contribution in [0.3, 0.4) is 0 Å². The Morgan fingerprint density at radius 1 is 1.28 bits per heavy atom. The Balaban J connectivity index is 3.62. The van der Waals surface area contributed by atoms with Crippen molar-refractivity contribution in [1.82, 2.24) is 0 Å². The maximum Gasteiger partial charge on any atom is 0.143 e. The van der Waals surface area contributed by atoms with Gasteiger partial charge in [0.05, 0.1) is 6.07 Å². The van der Waals surface area contributed by atoms with Gasteiger partial charge in [-0.2, -0.15) is 5.26 Å². The third kappa shape index (κ3) is 10.4. The SMILES string of the molecule is CCCCC(C#N)OCCC(C)CCC=C(C)C. The lowest BCUT2D eigenvalue weighted by molar-refractivity contribution is 0.0730. The van der Waals surface area contributed by atoms with Crippen LogP contribution in [0.15, 0.2) is 11.6 Å². The van der Waals surface area contributed by atoms with Crippen molar-refractivity contribution in [3.63, 3.8) is 0 Å². The quantitative estimate of drug-likeness (QED) is 0.519. The number of allylic oxidation sites excluding steroid dienone is 2. The summed E-state index contributed by atoms with van der Waals surface area (Å²) in [5.41, 5.74) is 1.39. The molecule has 2 atom stereocenters. The van der Waals surface area contributed by atoms with E-state index < -0.39 is 0 Å². The summed E-state index contributed by atoms with van der Waals surface area (Å²) in [6.45, 7) is 9.39. The lowest BCUT2D eigenvalue weighted by atomic mass is 10.0. The molecule has 0 bridgehead atoms. The molecule has 0 radical (unpaired) electrons. The van der Waals surface area contributed by atoms with E-state index in [2.05, 4.69) is 39.8 Å². The summed E-state index contributed by atoms with van der Waals surface area (Å²) in [4.78, 5) is 0. The average molecular weight is 251 g/mol. The molecule has 0 heterocycles. The molecule has 0 spiro atoms. The molecule has 0 aromatic rings. The van der Waals surface area contributed by atoms with Crippen LogP contribution in [-0.2, 0) is 4.74 Å². The van der Waals surface area contributed by atoms with E-state index in [-0.39, 0.29) is 6.10 Å². The van der Waals surface area contributed by atoms with Gasteiger partial charge in [0.2, 0.25) is 0 Å². The van der Waals surface area contributed by atoms with Gasteiger partial charge in [-0.1, -0.05) is 38.3 Å². The van der Waals surface area contributed by atoms with E-state index in [1.165, 1.54) is 12.0 Å². The summed E-state index contributed by atoms with van der Waals surface area (Å²) >= 11 is 0. The van der Waals surface area contributed by atoms with Crippen LogP contribution in [-0.4, -0.2) is 12.7 Å². The van der Waals surface area contributed by atoms with Crippen LogP contribution in [0.1, 0.15) is 66.2 Å². The Morgan fingerprint density at radius 2 is 2.00 bits per heavy atom. The van der Waals surface area contributed by atoms with Crippen LogP contribution >= 0.6 is 0 Å². The molecular formula is C16H29NO. The molecule has 2 heteroatoms. The van der Waals surface area contributed by atoms with Crippen molar-refractivity contribution in [1.29, 1.82) is 5.26 Å². The van der Waals surface area contributed by atoms with Crippen LogP contribution in [0.5, 0.6) is 0 Å². The molecule has 0 amide bonds. The van der Waals surface area contributed by atoms with Crippen LogP contribution in [0.25, 0.3) is 0 Å². The number of nitriles is 1. The summed E-state index contributed by atoms with van der Waals surface area (Å²) in [6, 6.07) is 2.24. The Kier molecular flexibility index (Phi) is 10.8. The zero-order chi connectivity index (χ0) is 13.8. The number of hydrogen-bond acceptors (Lipinski definition) is 2. The molecule has 0 aromatic heterocycles. The van der Waals surface area contributed by atoms with E-state index in [9.17, 15) is 0 Å². The third-order valence-electron chi connectivity index (χ3n) is 3.11. The molecule has 0 N–H and O–H groups in total. The first-order valence-electron chi connectivity index (χ1n) is 7.24. The summed E-state index contributed by atoms with van der Waals surface area (Å²) < 4.78 is 5.61. The molecule has 0 aliphatic rings. The minimum atomic E-state index is -0.199. The fraction of sp³-hybridized carbons (Fsp3) is 0.812. The van der Waals surface area contributed by atoms with Gasteiger partial charge in [0.25, 0.3) is 0 Å². The van der Waals surface area contributed by atoms with E-state index in [0.717, 1.165) is 38.7 Å². The van der Waals surface area contributed by atoms with Crippen molar-refractivity contribution in [3.8, 4) is 6.07 Å². The van der Waals surface area contributed by atoms with Gasteiger partial charge in [0, 0.05) is 6.61 Å². The van der Waals surface area contributed by atoms with E-state index in [0.29, 0.717) is 5.92 Å². The summed E-state index contributed by atoms with van der Waals surface area (Å²) in [7, 11) is 0. The number of nitrogens with zero attached hydrogens (tertiary/aromatic N) is 1. The van der Waals surface area contributed by atoms with Gasteiger partial charge in [0.1, 0.15) is 6.10 Å². The molecule has 0 aromatic carbocycles. The summed E-state index contributed by atoms with van der Waals surface area (Å²) in [6.07, 6.45) is 8.59. The third-order valence-corrected chi connectivity index (χ3v) is 3.11. The lowest BCUT2D eigenvalue weighted by Crippen LogP contribution is -2.13. The second-order valence-electron chi connectivity index (χ2n) is 5.38. The Labute approximate surface area is 113 Å². The van der Waals surface area contributed by atoms with Gasteiger partial charge < -0.3 is 4.74 Å². The monoisotopic (exact) mass is 251 g/mol. The van der Waals surface area contributed by atoms with Gasteiger partial charge in [-0.25, -0.2) is 0 Å². The van der Waals surface area contributed by atoms with Crippen molar-refractivity contribution in [2.45, 2.75) is 72.3 Å². The molecule has 0 fully saturated rings. The van der Waals surface area contributed by atoms with Crippen molar-refractivity contribution in [3.05, 3.63) is 11.6 Å². The highest BCUT2D eigenvalue weighted by atomic mass is 16.5. The standard InChI is InChI=1S/C16H29NO/c1-5-6-10-16(13-17)18-12-11-15(4)9-7-8-14(2)3/h8,15-16H,5-7,9-12H2,1-4H3. The van der Waals surface area contributed by atoms with E-state index in [4.69, 9.17) is 10.00 Å². The second-order valence-corrected chi connectivity index (χ2v) is 5.38. The highest BCUT2D eigenvalue weighted by Gasteiger charge is 2.08.